The lowest BCUT2D eigenvalue weighted by atomic mass is 10.1. The van der Waals surface area contributed by atoms with Crippen LogP contribution in [0.25, 0.3) is 22.3 Å². The molecule has 0 aliphatic rings. The van der Waals surface area contributed by atoms with E-state index in [1.807, 2.05) is 60.7 Å². The summed E-state index contributed by atoms with van der Waals surface area (Å²) in [6.07, 6.45) is 3.55. The number of amides is 1. The van der Waals surface area contributed by atoms with E-state index in [1.165, 1.54) is 5.56 Å². The van der Waals surface area contributed by atoms with Gasteiger partial charge in [0.2, 0.25) is 0 Å². The molecule has 2 heterocycles. The number of halogens is 1. The predicted octanol–water partition coefficient (Wildman–Crippen LogP) is 5.42. The number of nitrogens with zero attached hydrogens (tertiary/aromatic N) is 2. The van der Waals surface area contributed by atoms with Crippen LogP contribution in [0.1, 0.15) is 22.3 Å². The molecule has 4 rings (SSSR count). The third-order valence-electron chi connectivity index (χ3n) is 4.71. The monoisotopic (exact) mass is 445 g/mol. The Morgan fingerprint density at radius 1 is 0.931 bits per heavy atom. The van der Waals surface area contributed by atoms with E-state index in [0.717, 1.165) is 33.9 Å². The minimum absolute atomic E-state index is 0.0965. The Labute approximate surface area is 178 Å². The molecule has 0 aliphatic carbocycles. The third kappa shape index (κ3) is 4.69. The Morgan fingerprint density at radius 3 is 2.55 bits per heavy atom. The second-order valence-electron chi connectivity index (χ2n) is 6.78. The van der Waals surface area contributed by atoms with Crippen molar-refractivity contribution in [3.8, 4) is 11.4 Å². The zero-order chi connectivity index (χ0) is 20.1. The van der Waals surface area contributed by atoms with Crippen LogP contribution >= 0.6 is 15.9 Å². The van der Waals surface area contributed by atoms with Crippen LogP contribution in [0.15, 0.2) is 83.5 Å². The highest BCUT2D eigenvalue weighted by Crippen LogP contribution is 2.26. The number of nitrogens with one attached hydrogen (secondary N) is 1. The quantitative estimate of drug-likeness (QED) is 0.403. The van der Waals surface area contributed by atoms with Crippen LogP contribution < -0.4 is 5.32 Å². The van der Waals surface area contributed by atoms with Crippen molar-refractivity contribution in [3.05, 3.63) is 94.6 Å². The van der Waals surface area contributed by atoms with Crippen molar-refractivity contribution in [1.29, 1.82) is 0 Å². The van der Waals surface area contributed by atoms with Gasteiger partial charge < -0.3 is 5.32 Å². The molecule has 1 N–H and O–H groups in total. The summed E-state index contributed by atoms with van der Waals surface area (Å²) in [5, 5.41) is 3.88. The van der Waals surface area contributed by atoms with Crippen LogP contribution in [0.2, 0.25) is 0 Å². The smallest absolute Gasteiger partial charge is 0.252 e. The average Bonchev–Trinajstić information content (AvgIpc) is 2.77. The third-order valence-corrected chi connectivity index (χ3v) is 5.21. The first kappa shape index (κ1) is 19.3. The van der Waals surface area contributed by atoms with Crippen LogP contribution in [0.4, 0.5) is 0 Å². The minimum atomic E-state index is -0.0965. The molecule has 0 saturated heterocycles. The molecule has 0 bridgehead atoms. The van der Waals surface area contributed by atoms with E-state index in [0.29, 0.717) is 17.8 Å². The van der Waals surface area contributed by atoms with Gasteiger partial charge in [-0.15, -0.1) is 0 Å². The predicted molar refractivity (Wildman–Crippen MR) is 120 cm³/mol. The van der Waals surface area contributed by atoms with Gasteiger partial charge in [0.1, 0.15) is 0 Å². The molecule has 0 aliphatic heterocycles. The summed E-state index contributed by atoms with van der Waals surface area (Å²) in [6, 6.07) is 23.6. The van der Waals surface area contributed by atoms with E-state index >= 15 is 0 Å². The van der Waals surface area contributed by atoms with Gasteiger partial charge in [0, 0.05) is 22.6 Å². The molecule has 0 unspecified atom stereocenters. The lowest BCUT2D eigenvalue weighted by Gasteiger charge is -2.11. The zero-order valence-corrected chi connectivity index (χ0v) is 17.4. The molecule has 0 fully saturated rings. The summed E-state index contributed by atoms with van der Waals surface area (Å²) >= 11 is 3.50. The van der Waals surface area contributed by atoms with Crippen LogP contribution in [0.5, 0.6) is 0 Å². The van der Waals surface area contributed by atoms with Crippen molar-refractivity contribution in [2.45, 2.75) is 12.8 Å². The summed E-state index contributed by atoms with van der Waals surface area (Å²) in [7, 11) is 0. The van der Waals surface area contributed by atoms with Crippen molar-refractivity contribution in [2.24, 2.45) is 0 Å². The Hall–Kier alpha value is -3.05. The molecular weight excluding hydrogens is 426 g/mol. The number of carbonyl (C=O) groups is 1. The van der Waals surface area contributed by atoms with Gasteiger partial charge in [0.05, 0.1) is 22.5 Å². The minimum Gasteiger partial charge on any atom is -0.352 e. The van der Waals surface area contributed by atoms with Gasteiger partial charge >= 0.3 is 0 Å². The first-order chi connectivity index (χ1) is 14.2. The van der Waals surface area contributed by atoms with E-state index in [9.17, 15) is 4.79 Å². The molecule has 1 amide bonds. The maximum absolute atomic E-state index is 13.0. The molecule has 0 radical (unpaired) electrons. The van der Waals surface area contributed by atoms with Crippen LogP contribution in [0, 0.1) is 0 Å². The van der Waals surface area contributed by atoms with Gasteiger partial charge in [0.25, 0.3) is 5.91 Å². The molecule has 2 aromatic heterocycles. The van der Waals surface area contributed by atoms with Crippen molar-refractivity contribution in [1.82, 2.24) is 15.3 Å². The van der Waals surface area contributed by atoms with Gasteiger partial charge in [-0.1, -0.05) is 52.3 Å². The molecule has 29 heavy (non-hydrogen) atoms. The average molecular weight is 446 g/mol. The van der Waals surface area contributed by atoms with Gasteiger partial charge in [-0.25, -0.2) is 4.98 Å². The summed E-state index contributed by atoms with van der Waals surface area (Å²) in [5.41, 5.74) is 4.09. The Morgan fingerprint density at radius 2 is 1.76 bits per heavy atom. The standard InChI is InChI=1S/C24H20BrN3O/c25-18-11-12-21-19(15-18)20(16-23(28-21)22-10-4-5-13-26-22)24(29)27-14-6-9-17-7-2-1-3-8-17/h1-5,7-8,10-13,15-16H,6,9,14H2,(H,27,29). The normalized spacial score (nSPS) is 10.8. The molecule has 144 valence electrons. The number of benzene rings is 2. The molecule has 4 aromatic rings. The SMILES string of the molecule is O=C(NCCCc1ccccc1)c1cc(-c2ccccn2)nc2ccc(Br)cc12. The molecule has 2 aromatic carbocycles. The van der Waals surface area contributed by atoms with E-state index in [1.54, 1.807) is 6.20 Å². The number of carbonyl (C=O) groups excluding carboxylic acids is 1. The van der Waals surface area contributed by atoms with Crippen LogP contribution in [-0.4, -0.2) is 22.4 Å². The topological polar surface area (TPSA) is 54.9 Å². The Bertz CT molecular complexity index is 1130. The lowest BCUT2D eigenvalue weighted by Crippen LogP contribution is -2.25. The van der Waals surface area contributed by atoms with Crippen LogP contribution in [0.3, 0.4) is 0 Å². The van der Waals surface area contributed by atoms with Crippen LogP contribution in [-0.2, 0) is 6.42 Å². The zero-order valence-electron chi connectivity index (χ0n) is 15.8. The number of hydrogen-bond acceptors (Lipinski definition) is 3. The number of fused-ring (bicyclic) bond motifs is 1. The summed E-state index contributed by atoms with van der Waals surface area (Å²) in [5.74, 6) is -0.0965. The molecule has 4 nitrogen and oxygen atoms in total. The molecule has 0 spiro atoms. The second-order valence-corrected chi connectivity index (χ2v) is 7.69. The van der Waals surface area contributed by atoms with E-state index in [2.05, 4.69) is 38.4 Å². The highest BCUT2D eigenvalue weighted by atomic mass is 79.9. The second kappa shape index (κ2) is 8.97. The fourth-order valence-electron chi connectivity index (χ4n) is 3.27. The number of aromatic nitrogens is 2. The molecule has 0 atom stereocenters. The number of pyridine rings is 2. The van der Waals surface area contributed by atoms with Gasteiger partial charge in [-0.2, -0.15) is 0 Å². The van der Waals surface area contributed by atoms with Gasteiger partial charge in [0.15, 0.2) is 0 Å². The maximum atomic E-state index is 13.0. The number of hydrogen-bond donors (Lipinski definition) is 1. The van der Waals surface area contributed by atoms with Gasteiger partial charge in [-0.3, -0.25) is 9.78 Å². The molecule has 0 saturated carbocycles. The lowest BCUT2D eigenvalue weighted by molar-refractivity contribution is 0.0955. The highest BCUT2D eigenvalue weighted by molar-refractivity contribution is 9.10. The highest BCUT2D eigenvalue weighted by Gasteiger charge is 2.14. The van der Waals surface area contributed by atoms with E-state index < -0.39 is 0 Å². The fourth-order valence-corrected chi connectivity index (χ4v) is 3.63. The Kier molecular flexibility index (Phi) is 5.96. The van der Waals surface area contributed by atoms with Crippen molar-refractivity contribution < 1.29 is 4.79 Å². The first-order valence-corrected chi connectivity index (χ1v) is 10.3. The largest absolute Gasteiger partial charge is 0.352 e. The Balaban J connectivity index is 1.57. The van der Waals surface area contributed by atoms with Crippen molar-refractivity contribution in [3.63, 3.8) is 0 Å². The van der Waals surface area contributed by atoms with Crippen molar-refractivity contribution in [2.75, 3.05) is 6.54 Å². The maximum Gasteiger partial charge on any atom is 0.252 e. The summed E-state index contributed by atoms with van der Waals surface area (Å²) in [4.78, 5) is 22.1. The summed E-state index contributed by atoms with van der Waals surface area (Å²) in [6.45, 7) is 0.616. The first-order valence-electron chi connectivity index (χ1n) is 9.54. The van der Waals surface area contributed by atoms with Gasteiger partial charge in [-0.05, 0) is 54.8 Å². The van der Waals surface area contributed by atoms with E-state index in [4.69, 9.17) is 4.98 Å². The van der Waals surface area contributed by atoms with E-state index in [-0.39, 0.29) is 5.91 Å². The number of aryl methyl sites for hydroxylation is 1. The molecular formula is C24H20BrN3O. The summed E-state index contributed by atoms with van der Waals surface area (Å²) < 4.78 is 0.913. The van der Waals surface area contributed by atoms with Crippen molar-refractivity contribution >= 4 is 32.7 Å². The number of rotatable bonds is 6. The molecule has 5 heteroatoms. The fraction of sp³-hybridized carbons (Fsp3) is 0.125.